The normalized spacial score (nSPS) is 32.0. The Bertz CT molecular complexity index is 193. The third-order valence-electron chi connectivity index (χ3n) is 2.62. The molecule has 0 aromatic heterocycles. The van der Waals surface area contributed by atoms with Gasteiger partial charge in [0, 0.05) is 0 Å². The molecule has 0 radical (unpaired) electrons. The van der Waals surface area contributed by atoms with Crippen molar-refractivity contribution in [3.63, 3.8) is 0 Å². The van der Waals surface area contributed by atoms with Gasteiger partial charge in [-0.15, -0.1) is 0 Å². The van der Waals surface area contributed by atoms with Crippen LogP contribution < -0.4 is 0 Å². The molecule has 76 valence electrons. The lowest BCUT2D eigenvalue weighted by Crippen LogP contribution is -2.40. The fraction of sp³-hybridized carbons (Fsp3) is 0.833. The van der Waals surface area contributed by atoms with Crippen molar-refractivity contribution in [2.75, 3.05) is 0 Å². The number of hydrogen-bond donors (Lipinski definition) is 0. The number of rotatable bonds is 3. The van der Waals surface area contributed by atoms with Crippen LogP contribution >= 0.6 is 0 Å². The number of hydrogen-bond acceptors (Lipinski definition) is 1. The molecular formula is C12H22O. The van der Waals surface area contributed by atoms with Gasteiger partial charge < -0.3 is 4.74 Å². The van der Waals surface area contributed by atoms with E-state index in [-0.39, 0.29) is 11.2 Å². The summed E-state index contributed by atoms with van der Waals surface area (Å²) in [6.07, 6.45) is 9.16. The molecule has 1 rings (SSSR count). The first kappa shape index (κ1) is 10.8. The van der Waals surface area contributed by atoms with Crippen LogP contribution in [0.5, 0.6) is 0 Å². The second-order valence-corrected chi connectivity index (χ2v) is 4.88. The number of unbranched alkanes of at least 4 members (excludes halogenated alkanes) is 1. The van der Waals surface area contributed by atoms with Crippen molar-refractivity contribution >= 4 is 0 Å². The summed E-state index contributed by atoms with van der Waals surface area (Å²) in [4.78, 5) is 0. The molecule has 0 amide bonds. The molecule has 1 atom stereocenters. The third kappa shape index (κ3) is 3.15. The number of ether oxygens (including phenoxy) is 1. The van der Waals surface area contributed by atoms with Gasteiger partial charge in [0.15, 0.2) is 0 Å². The van der Waals surface area contributed by atoms with Crippen LogP contribution in [0.2, 0.25) is 0 Å². The second kappa shape index (κ2) is 3.83. The maximum atomic E-state index is 6.08. The summed E-state index contributed by atoms with van der Waals surface area (Å²) in [6, 6.07) is 0. The zero-order valence-corrected chi connectivity index (χ0v) is 9.39. The summed E-state index contributed by atoms with van der Waals surface area (Å²) in [6.45, 7) is 8.75. The highest BCUT2D eigenvalue weighted by Gasteiger charge is 2.32. The summed E-state index contributed by atoms with van der Waals surface area (Å²) < 4.78 is 6.08. The Morgan fingerprint density at radius 2 is 2.00 bits per heavy atom. The molecule has 1 heterocycles. The lowest BCUT2D eigenvalue weighted by molar-refractivity contribution is -0.116. The van der Waals surface area contributed by atoms with Crippen LogP contribution in [0.15, 0.2) is 12.2 Å². The van der Waals surface area contributed by atoms with Crippen LogP contribution in [0.4, 0.5) is 0 Å². The van der Waals surface area contributed by atoms with Crippen molar-refractivity contribution < 1.29 is 4.74 Å². The van der Waals surface area contributed by atoms with Gasteiger partial charge in [0.1, 0.15) is 0 Å². The standard InChI is InChI=1S/C12H22O/c1-5-6-9-12(4)10-7-8-11(2,3)13-12/h7,10H,5-6,8-9H2,1-4H3/t12-/m1/s1. The predicted octanol–water partition coefficient (Wildman–Crippen LogP) is 3.69. The molecule has 0 fully saturated rings. The smallest absolute Gasteiger partial charge is 0.0841 e. The van der Waals surface area contributed by atoms with Gasteiger partial charge in [-0.25, -0.2) is 0 Å². The highest BCUT2D eigenvalue weighted by Crippen LogP contribution is 2.33. The van der Waals surface area contributed by atoms with Crippen molar-refractivity contribution in [3.8, 4) is 0 Å². The van der Waals surface area contributed by atoms with Crippen molar-refractivity contribution in [1.82, 2.24) is 0 Å². The topological polar surface area (TPSA) is 9.23 Å². The second-order valence-electron chi connectivity index (χ2n) is 4.88. The Morgan fingerprint density at radius 1 is 1.31 bits per heavy atom. The highest BCUT2D eigenvalue weighted by atomic mass is 16.5. The van der Waals surface area contributed by atoms with Crippen LogP contribution in [0, 0.1) is 0 Å². The van der Waals surface area contributed by atoms with Crippen molar-refractivity contribution in [3.05, 3.63) is 12.2 Å². The van der Waals surface area contributed by atoms with E-state index < -0.39 is 0 Å². The summed E-state index contributed by atoms with van der Waals surface area (Å²) in [5, 5.41) is 0. The minimum absolute atomic E-state index is 0.0161. The molecule has 0 N–H and O–H groups in total. The molecule has 1 nitrogen and oxygen atoms in total. The molecule has 0 aromatic carbocycles. The van der Waals surface area contributed by atoms with E-state index in [0.29, 0.717) is 0 Å². The Labute approximate surface area is 82.2 Å². The first-order valence-corrected chi connectivity index (χ1v) is 5.35. The third-order valence-corrected chi connectivity index (χ3v) is 2.62. The van der Waals surface area contributed by atoms with Crippen LogP contribution in [-0.4, -0.2) is 11.2 Å². The van der Waals surface area contributed by atoms with Gasteiger partial charge in [-0.05, 0) is 33.6 Å². The Balaban J connectivity index is 2.58. The molecule has 0 aliphatic carbocycles. The SMILES string of the molecule is CCCC[C@]1(C)C=CCC(C)(C)O1. The first-order chi connectivity index (χ1) is 5.97. The Morgan fingerprint density at radius 3 is 2.54 bits per heavy atom. The van der Waals surface area contributed by atoms with Gasteiger partial charge in [-0.3, -0.25) is 0 Å². The molecule has 1 aliphatic heterocycles. The monoisotopic (exact) mass is 182 g/mol. The van der Waals surface area contributed by atoms with E-state index >= 15 is 0 Å². The van der Waals surface area contributed by atoms with Gasteiger partial charge >= 0.3 is 0 Å². The lowest BCUT2D eigenvalue weighted by Gasteiger charge is -2.39. The summed E-state index contributed by atoms with van der Waals surface area (Å²) in [7, 11) is 0. The first-order valence-electron chi connectivity index (χ1n) is 5.35. The molecule has 1 heteroatoms. The van der Waals surface area contributed by atoms with E-state index in [4.69, 9.17) is 4.74 Å². The quantitative estimate of drug-likeness (QED) is 0.605. The lowest BCUT2D eigenvalue weighted by atomic mass is 9.91. The predicted molar refractivity (Wildman–Crippen MR) is 56.9 cm³/mol. The summed E-state index contributed by atoms with van der Waals surface area (Å²) in [5.41, 5.74) is 0.00893. The summed E-state index contributed by atoms with van der Waals surface area (Å²) in [5.74, 6) is 0. The Hall–Kier alpha value is -0.300. The van der Waals surface area contributed by atoms with E-state index in [2.05, 4.69) is 39.8 Å². The van der Waals surface area contributed by atoms with Crippen LogP contribution in [0.1, 0.15) is 53.4 Å². The molecule has 0 aromatic rings. The minimum atomic E-state index is -0.0161. The fourth-order valence-electron chi connectivity index (χ4n) is 1.96. The molecule has 0 bridgehead atoms. The van der Waals surface area contributed by atoms with E-state index in [0.717, 1.165) is 12.8 Å². The van der Waals surface area contributed by atoms with Crippen molar-refractivity contribution in [2.45, 2.75) is 64.6 Å². The molecule has 0 spiro atoms. The van der Waals surface area contributed by atoms with Crippen LogP contribution in [-0.2, 0) is 4.74 Å². The maximum absolute atomic E-state index is 6.08. The van der Waals surface area contributed by atoms with E-state index in [1.807, 2.05) is 0 Å². The minimum Gasteiger partial charge on any atom is -0.365 e. The fourth-order valence-corrected chi connectivity index (χ4v) is 1.96. The average molecular weight is 182 g/mol. The zero-order valence-electron chi connectivity index (χ0n) is 9.39. The van der Waals surface area contributed by atoms with Crippen molar-refractivity contribution in [2.24, 2.45) is 0 Å². The average Bonchev–Trinajstić information content (AvgIpc) is 1.98. The van der Waals surface area contributed by atoms with Crippen LogP contribution in [0.25, 0.3) is 0 Å². The van der Waals surface area contributed by atoms with E-state index in [1.54, 1.807) is 0 Å². The van der Waals surface area contributed by atoms with Crippen molar-refractivity contribution in [1.29, 1.82) is 0 Å². The highest BCUT2D eigenvalue weighted by molar-refractivity contribution is 5.06. The van der Waals surface area contributed by atoms with E-state index in [1.165, 1.54) is 12.8 Å². The molecular weight excluding hydrogens is 160 g/mol. The van der Waals surface area contributed by atoms with Gasteiger partial charge in [0.25, 0.3) is 0 Å². The van der Waals surface area contributed by atoms with Crippen LogP contribution in [0.3, 0.4) is 0 Å². The van der Waals surface area contributed by atoms with Gasteiger partial charge in [-0.1, -0.05) is 31.9 Å². The Kier molecular flexibility index (Phi) is 3.18. The van der Waals surface area contributed by atoms with Gasteiger partial charge in [0.2, 0.25) is 0 Å². The summed E-state index contributed by atoms with van der Waals surface area (Å²) >= 11 is 0. The maximum Gasteiger partial charge on any atom is 0.0841 e. The molecule has 0 saturated heterocycles. The molecule has 0 unspecified atom stereocenters. The molecule has 0 saturated carbocycles. The van der Waals surface area contributed by atoms with Gasteiger partial charge in [0.05, 0.1) is 11.2 Å². The van der Waals surface area contributed by atoms with Gasteiger partial charge in [-0.2, -0.15) is 0 Å². The largest absolute Gasteiger partial charge is 0.365 e. The molecule has 13 heavy (non-hydrogen) atoms. The van der Waals surface area contributed by atoms with E-state index in [9.17, 15) is 0 Å². The zero-order chi connectivity index (χ0) is 9.95. The molecule has 1 aliphatic rings.